The minimum Gasteiger partial charge on any atom is -0.365 e. The molecule has 1 amide bonds. The lowest BCUT2D eigenvalue weighted by atomic mass is 10.2. The Hall–Kier alpha value is -3.35. The lowest BCUT2D eigenvalue weighted by Gasteiger charge is -2.07. The van der Waals surface area contributed by atoms with Gasteiger partial charge in [0.25, 0.3) is 5.91 Å². The topological polar surface area (TPSA) is 66.9 Å². The molecule has 0 spiro atoms. The van der Waals surface area contributed by atoms with Crippen LogP contribution in [0.2, 0.25) is 0 Å². The Morgan fingerprint density at radius 2 is 1.36 bits per heavy atom. The van der Waals surface area contributed by atoms with Crippen molar-refractivity contribution in [3.63, 3.8) is 0 Å². The molecule has 0 aliphatic rings. The highest BCUT2D eigenvalue weighted by molar-refractivity contribution is 6.03. The number of nitrogens with one attached hydrogen (secondary N) is 2. The number of amides is 1. The van der Waals surface area contributed by atoms with Gasteiger partial charge in [-0.15, -0.1) is 10.2 Å². The number of rotatable bonds is 5. The summed E-state index contributed by atoms with van der Waals surface area (Å²) in [4.78, 5) is 12.0. The van der Waals surface area contributed by atoms with Gasteiger partial charge in [-0.2, -0.15) is 0 Å². The summed E-state index contributed by atoms with van der Waals surface area (Å²) >= 11 is 0. The molecule has 1 aromatic heterocycles. The lowest BCUT2D eigenvalue weighted by Crippen LogP contribution is -2.13. The lowest BCUT2D eigenvalue weighted by molar-refractivity contribution is 0.102. The fraction of sp³-hybridized carbons (Fsp3) is 0.0556. The molecule has 25 heavy (non-hydrogen) atoms. The zero-order valence-electron chi connectivity index (χ0n) is 13.0. The van der Waals surface area contributed by atoms with Gasteiger partial charge in [0, 0.05) is 12.1 Å². The number of anilines is 2. The molecule has 0 saturated carbocycles. The molecule has 2 aromatic carbocycles. The van der Waals surface area contributed by atoms with Crippen molar-refractivity contribution in [3.8, 4) is 0 Å². The average molecular weight is 340 g/mol. The van der Waals surface area contributed by atoms with Crippen LogP contribution in [-0.4, -0.2) is 16.1 Å². The van der Waals surface area contributed by atoms with E-state index in [2.05, 4.69) is 20.8 Å². The quantitative estimate of drug-likeness (QED) is 0.744. The monoisotopic (exact) mass is 340 g/mol. The summed E-state index contributed by atoms with van der Waals surface area (Å²) in [6, 6.07) is 14.6. The molecule has 0 saturated heterocycles. The van der Waals surface area contributed by atoms with E-state index < -0.39 is 11.7 Å². The maximum absolute atomic E-state index is 12.9. The van der Waals surface area contributed by atoms with Crippen molar-refractivity contribution in [2.24, 2.45) is 0 Å². The summed E-state index contributed by atoms with van der Waals surface area (Å²) in [6.45, 7) is 0.468. The summed E-state index contributed by atoms with van der Waals surface area (Å²) in [6.07, 6.45) is 0. The minimum absolute atomic E-state index is 0.279. The number of carbonyl (C=O) groups excluding carboxylic acids is 1. The molecular weight excluding hydrogens is 326 g/mol. The molecular formula is C18H14F2N4O. The molecule has 0 radical (unpaired) electrons. The van der Waals surface area contributed by atoms with Gasteiger partial charge in [-0.25, -0.2) is 8.78 Å². The minimum atomic E-state index is -0.409. The number of hydrogen-bond donors (Lipinski definition) is 2. The normalized spacial score (nSPS) is 10.3. The molecule has 3 rings (SSSR count). The molecule has 0 fully saturated rings. The van der Waals surface area contributed by atoms with E-state index in [0.717, 1.165) is 5.56 Å². The molecule has 0 aliphatic carbocycles. The summed E-state index contributed by atoms with van der Waals surface area (Å²) in [5.74, 6) is -0.301. The largest absolute Gasteiger partial charge is 0.365 e. The van der Waals surface area contributed by atoms with Crippen LogP contribution in [0.3, 0.4) is 0 Å². The van der Waals surface area contributed by atoms with Crippen molar-refractivity contribution in [3.05, 3.63) is 83.4 Å². The smallest absolute Gasteiger partial charge is 0.256 e. The van der Waals surface area contributed by atoms with Crippen LogP contribution >= 0.6 is 0 Å². The number of nitrogens with zero attached hydrogens (tertiary/aromatic N) is 2. The van der Waals surface area contributed by atoms with Gasteiger partial charge in [-0.1, -0.05) is 12.1 Å². The number of hydrogen-bond acceptors (Lipinski definition) is 4. The van der Waals surface area contributed by atoms with Crippen molar-refractivity contribution in [2.45, 2.75) is 6.54 Å². The second kappa shape index (κ2) is 7.48. The van der Waals surface area contributed by atoms with Crippen molar-refractivity contribution in [1.82, 2.24) is 10.2 Å². The maximum Gasteiger partial charge on any atom is 0.256 e. The predicted octanol–water partition coefficient (Wildman–Crippen LogP) is 3.62. The molecule has 7 heteroatoms. The highest BCUT2D eigenvalue weighted by Gasteiger charge is 2.07. The third-order valence-electron chi connectivity index (χ3n) is 3.40. The Bertz CT molecular complexity index is 850. The summed E-state index contributed by atoms with van der Waals surface area (Å²) < 4.78 is 25.7. The van der Waals surface area contributed by atoms with Crippen LogP contribution in [-0.2, 0) is 6.54 Å². The van der Waals surface area contributed by atoms with Crippen molar-refractivity contribution in [2.75, 3.05) is 10.6 Å². The molecule has 126 valence electrons. The van der Waals surface area contributed by atoms with Crippen molar-refractivity contribution < 1.29 is 13.6 Å². The Balaban J connectivity index is 1.57. The van der Waals surface area contributed by atoms with Gasteiger partial charge >= 0.3 is 0 Å². The summed E-state index contributed by atoms with van der Waals surface area (Å²) in [7, 11) is 0. The molecule has 1 heterocycles. The van der Waals surface area contributed by atoms with Crippen LogP contribution in [0.4, 0.5) is 20.4 Å². The first-order valence-electron chi connectivity index (χ1n) is 7.49. The van der Waals surface area contributed by atoms with Gasteiger partial charge in [0.2, 0.25) is 0 Å². The van der Waals surface area contributed by atoms with Crippen molar-refractivity contribution >= 4 is 17.5 Å². The highest BCUT2D eigenvalue weighted by atomic mass is 19.1. The van der Waals surface area contributed by atoms with E-state index in [9.17, 15) is 13.6 Å². The fourth-order valence-electron chi connectivity index (χ4n) is 2.08. The van der Waals surface area contributed by atoms with Gasteiger partial charge in [0.05, 0.1) is 0 Å². The van der Waals surface area contributed by atoms with Crippen LogP contribution in [0.1, 0.15) is 15.9 Å². The molecule has 3 aromatic rings. The Labute approximate surface area is 142 Å². The molecule has 5 nitrogen and oxygen atoms in total. The van der Waals surface area contributed by atoms with E-state index in [0.29, 0.717) is 17.9 Å². The Morgan fingerprint density at radius 1 is 0.800 bits per heavy atom. The first-order chi connectivity index (χ1) is 12.1. The van der Waals surface area contributed by atoms with Crippen LogP contribution in [0, 0.1) is 11.6 Å². The molecule has 0 unspecified atom stereocenters. The van der Waals surface area contributed by atoms with E-state index in [1.165, 1.54) is 36.4 Å². The third-order valence-corrected chi connectivity index (χ3v) is 3.40. The number of halogens is 2. The van der Waals surface area contributed by atoms with Crippen molar-refractivity contribution in [1.29, 1.82) is 0 Å². The molecule has 0 aliphatic heterocycles. The van der Waals surface area contributed by atoms with Crippen LogP contribution in [0.25, 0.3) is 0 Å². The van der Waals surface area contributed by atoms with E-state index in [1.807, 2.05) is 0 Å². The number of carbonyl (C=O) groups is 1. The average Bonchev–Trinajstić information content (AvgIpc) is 2.63. The predicted molar refractivity (Wildman–Crippen MR) is 90.1 cm³/mol. The molecule has 0 atom stereocenters. The van der Waals surface area contributed by atoms with E-state index in [4.69, 9.17) is 0 Å². The Morgan fingerprint density at radius 3 is 1.96 bits per heavy atom. The first kappa shape index (κ1) is 16.5. The second-order valence-electron chi connectivity index (χ2n) is 5.24. The Kier molecular flexibility index (Phi) is 4.94. The van der Waals surface area contributed by atoms with Gasteiger partial charge in [0.1, 0.15) is 17.5 Å². The van der Waals surface area contributed by atoms with Crippen LogP contribution in [0.15, 0.2) is 60.7 Å². The summed E-state index contributed by atoms with van der Waals surface area (Å²) in [5.41, 5.74) is 1.22. The zero-order valence-corrected chi connectivity index (χ0v) is 13.0. The van der Waals surface area contributed by atoms with E-state index in [1.54, 1.807) is 24.3 Å². The first-order valence-corrected chi connectivity index (χ1v) is 7.49. The van der Waals surface area contributed by atoms with Crippen LogP contribution < -0.4 is 10.6 Å². The van der Waals surface area contributed by atoms with E-state index in [-0.39, 0.29) is 11.6 Å². The SMILES string of the molecule is O=C(Nc1ccc(NCc2ccc(F)cc2)nn1)c1ccc(F)cc1. The maximum atomic E-state index is 12.9. The number of aromatic nitrogens is 2. The zero-order chi connectivity index (χ0) is 17.6. The van der Waals surface area contributed by atoms with Gasteiger partial charge in [-0.3, -0.25) is 4.79 Å². The highest BCUT2D eigenvalue weighted by Crippen LogP contribution is 2.11. The fourth-order valence-corrected chi connectivity index (χ4v) is 2.08. The summed E-state index contributed by atoms with van der Waals surface area (Å²) in [5, 5.41) is 13.5. The molecule has 2 N–H and O–H groups in total. The van der Waals surface area contributed by atoms with Gasteiger partial charge < -0.3 is 10.6 Å². The van der Waals surface area contributed by atoms with Gasteiger partial charge in [0.15, 0.2) is 5.82 Å². The number of benzene rings is 2. The van der Waals surface area contributed by atoms with E-state index >= 15 is 0 Å². The molecule has 0 bridgehead atoms. The van der Waals surface area contributed by atoms with Crippen LogP contribution in [0.5, 0.6) is 0 Å². The third kappa shape index (κ3) is 4.57. The second-order valence-corrected chi connectivity index (χ2v) is 5.24. The standard InChI is InChI=1S/C18H14F2N4O/c19-14-5-1-12(2-6-14)11-21-16-9-10-17(24-23-16)22-18(25)13-3-7-15(20)8-4-13/h1-10H,11H2,(H,21,23)(H,22,24,25). The van der Waals surface area contributed by atoms with Gasteiger partial charge in [-0.05, 0) is 54.1 Å².